The molecule has 11 heteroatoms. The highest BCUT2D eigenvalue weighted by Gasteiger charge is 2.44. The number of pyridine rings is 1. The lowest BCUT2D eigenvalue weighted by atomic mass is 10.1. The molecule has 2 aliphatic rings. The molecule has 1 saturated heterocycles. The van der Waals surface area contributed by atoms with E-state index in [2.05, 4.69) is 20.3 Å². The number of aromatic nitrogens is 3. The lowest BCUT2D eigenvalue weighted by Crippen LogP contribution is -2.45. The van der Waals surface area contributed by atoms with Gasteiger partial charge in [-0.15, -0.1) is 0 Å². The minimum absolute atomic E-state index is 0.0137. The van der Waals surface area contributed by atoms with Gasteiger partial charge in [0.2, 0.25) is 15.9 Å². The Hall–Kier alpha value is -3.31. The normalized spacial score (nSPS) is 20.6. The second kappa shape index (κ2) is 9.38. The van der Waals surface area contributed by atoms with E-state index in [0.29, 0.717) is 17.3 Å². The van der Waals surface area contributed by atoms with E-state index in [1.165, 1.54) is 6.33 Å². The highest BCUT2D eigenvalue weighted by atomic mass is 32.2. The van der Waals surface area contributed by atoms with Gasteiger partial charge in [0.1, 0.15) is 24.4 Å². The van der Waals surface area contributed by atoms with Crippen molar-refractivity contribution in [2.75, 3.05) is 6.54 Å². The molecule has 0 spiro atoms. The van der Waals surface area contributed by atoms with Crippen molar-refractivity contribution in [2.45, 2.75) is 48.8 Å². The second-order valence-electron chi connectivity index (χ2n) is 8.74. The Bertz CT molecular complexity index is 1330. The number of carbonyl (C=O) groups is 1. The maximum atomic E-state index is 14.2. The first-order valence-corrected chi connectivity index (χ1v) is 12.7. The fourth-order valence-corrected chi connectivity index (χ4v) is 5.75. The van der Waals surface area contributed by atoms with Crippen LogP contribution in [0.2, 0.25) is 0 Å². The summed E-state index contributed by atoms with van der Waals surface area (Å²) in [5, 5.41) is 2.66. The van der Waals surface area contributed by atoms with E-state index in [-0.39, 0.29) is 17.9 Å². The van der Waals surface area contributed by atoms with Crippen LogP contribution in [0.15, 0.2) is 59.9 Å². The molecular weight excluding hydrogens is 476 g/mol. The summed E-state index contributed by atoms with van der Waals surface area (Å²) in [5.74, 6) is -0.681. The molecule has 0 radical (unpaired) electrons. The molecule has 2 atom stereocenters. The molecule has 1 aliphatic carbocycles. The van der Waals surface area contributed by atoms with Gasteiger partial charge in [-0.05, 0) is 55.3 Å². The third-order valence-corrected chi connectivity index (χ3v) is 8.06. The van der Waals surface area contributed by atoms with E-state index in [1.807, 2.05) is 12.1 Å². The van der Waals surface area contributed by atoms with Gasteiger partial charge in [-0.25, -0.2) is 27.2 Å². The van der Waals surface area contributed by atoms with Crippen LogP contribution in [0.3, 0.4) is 0 Å². The Morgan fingerprint density at radius 2 is 1.86 bits per heavy atom. The van der Waals surface area contributed by atoms with Crippen LogP contribution < -0.4 is 5.32 Å². The third kappa shape index (κ3) is 5.06. The van der Waals surface area contributed by atoms with Gasteiger partial charge in [-0.3, -0.25) is 9.78 Å². The Kier molecular flexibility index (Phi) is 6.28. The predicted octanol–water partition coefficient (Wildman–Crippen LogP) is 2.97. The van der Waals surface area contributed by atoms with Crippen LogP contribution in [-0.4, -0.2) is 52.3 Å². The van der Waals surface area contributed by atoms with E-state index in [0.717, 1.165) is 52.7 Å². The quantitative estimate of drug-likeness (QED) is 0.536. The molecule has 2 aromatic heterocycles. The first kappa shape index (κ1) is 23.4. The smallest absolute Gasteiger partial charge is 0.243 e. The van der Waals surface area contributed by atoms with Crippen LogP contribution >= 0.6 is 0 Å². The molecule has 3 heterocycles. The van der Waals surface area contributed by atoms with Gasteiger partial charge in [-0.2, -0.15) is 4.31 Å². The van der Waals surface area contributed by atoms with Crippen molar-refractivity contribution in [2.24, 2.45) is 0 Å². The van der Waals surface area contributed by atoms with Gasteiger partial charge >= 0.3 is 0 Å². The fourth-order valence-electron chi connectivity index (χ4n) is 4.13. The van der Waals surface area contributed by atoms with Crippen molar-refractivity contribution < 1.29 is 22.0 Å². The lowest BCUT2D eigenvalue weighted by molar-refractivity contribution is -0.124. The van der Waals surface area contributed by atoms with Crippen molar-refractivity contribution >= 4 is 15.9 Å². The zero-order valence-corrected chi connectivity index (χ0v) is 19.5. The summed E-state index contributed by atoms with van der Waals surface area (Å²) in [5.41, 5.74) is 3.04. The Balaban J connectivity index is 1.27. The van der Waals surface area contributed by atoms with Crippen LogP contribution in [0.5, 0.6) is 0 Å². The molecule has 8 nitrogen and oxygen atoms in total. The van der Waals surface area contributed by atoms with Crippen LogP contribution in [0.1, 0.15) is 36.6 Å². The monoisotopic (exact) mass is 499 g/mol. The zero-order valence-electron chi connectivity index (χ0n) is 18.6. The summed E-state index contributed by atoms with van der Waals surface area (Å²) in [6, 6.07) is 8.64. The van der Waals surface area contributed by atoms with Gasteiger partial charge in [-0.1, -0.05) is 0 Å². The number of alkyl halides is 1. The van der Waals surface area contributed by atoms with Crippen LogP contribution in [0.25, 0.3) is 11.3 Å². The topological polar surface area (TPSA) is 105 Å². The summed E-state index contributed by atoms with van der Waals surface area (Å²) >= 11 is 0. The Morgan fingerprint density at radius 1 is 1.09 bits per heavy atom. The van der Waals surface area contributed by atoms with E-state index in [1.54, 1.807) is 12.3 Å². The number of amides is 1. The van der Waals surface area contributed by atoms with E-state index in [9.17, 15) is 22.0 Å². The van der Waals surface area contributed by atoms with Gasteiger partial charge in [0.15, 0.2) is 0 Å². The highest BCUT2D eigenvalue weighted by molar-refractivity contribution is 7.89. The molecular formula is C24H23F2N5O3S. The number of nitrogens with one attached hydrogen (secondary N) is 1. The maximum absolute atomic E-state index is 14.2. The van der Waals surface area contributed by atoms with E-state index < -0.39 is 40.5 Å². The Morgan fingerprint density at radius 3 is 2.54 bits per heavy atom. The van der Waals surface area contributed by atoms with Gasteiger partial charge in [0, 0.05) is 36.3 Å². The van der Waals surface area contributed by atoms with Crippen molar-refractivity contribution in [1.29, 1.82) is 0 Å². The Labute approximate surface area is 201 Å². The SMILES string of the molecule is O=C(NCc1cc(-c2ccc(C3CC3)nc2)ncn1)[C@H]1C[C@@H](F)CN1S(=O)(=O)c1ccc(F)cc1. The molecule has 182 valence electrons. The first-order valence-electron chi connectivity index (χ1n) is 11.3. The van der Waals surface area contributed by atoms with Crippen LogP contribution in [-0.2, 0) is 21.4 Å². The summed E-state index contributed by atoms with van der Waals surface area (Å²) < 4.78 is 54.2. The van der Waals surface area contributed by atoms with Gasteiger partial charge in [0.05, 0.1) is 22.8 Å². The number of carbonyl (C=O) groups excluding carboxylic acids is 1. The number of rotatable bonds is 7. The van der Waals surface area contributed by atoms with Crippen LogP contribution in [0, 0.1) is 5.82 Å². The van der Waals surface area contributed by atoms with Crippen molar-refractivity contribution in [1.82, 2.24) is 24.6 Å². The number of sulfonamides is 1. The largest absolute Gasteiger partial charge is 0.349 e. The standard InChI is InChI=1S/C24H23F2N5O3S/c25-17-4-6-20(7-5-17)35(33,34)31-13-18(26)9-23(31)24(32)28-12-19-10-22(30-14-29-19)16-3-8-21(27-11-16)15-1-2-15/h3-8,10-11,14-15,18,23H,1-2,9,12-13H2,(H,28,32)/t18-,23-/m1/s1. The summed E-state index contributed by atoms with van der Waals surface area (Å²) in [6.07, 6.45) is 3.71. The first-order chi connectivity index (χ1) is 16.8. The molecule has 0 bridgehead atoms. The average molecular weight is 500 g/mol. The minimum atomic E-state index is -4.18. The summed E-state index contributed by atoms with van der Waals surface area (Å²) in [6.45, 7) is -0.431. The molecule has 5 rings (SSSR count). The van der Waals surface area contributed by atoms with Crippen molar-refractivity contribution in [3.05, 3.63) is 72.2 Å². The number of hydrogen-bond donors (Lipinski definition) is 1. The molecule has 1 N–H and O–H groups in total. The number of benzene rings is 1. The molecule has 35 heavy (non-hydrogen) atoms. The molecule has 3 aromatic rings. The van der Waals surface area contributed by atoms with Crippen molar-refractivity contribution in [3.8, 4) is 11.3 Å². The maximum Gasteiger partial charge on any atom is 0.243 e. The molecule has 1 aliphatic heterocycles. The van der Waals surface area contributed by atoms with E-state index >= 15 is 0 Å². The average Bonchev–Trinajstić information content (AvgIpc) is 3.64. The number of halogens is 2. The highest BCUT2D eigenvalue weighted by Crippen LogP contribution is 2.39. The van der Waals surface area contributed by atoms with Crippen LogP contribution in [0.4, 0.5) is 8.78 Å². The van der Waals surface area contributed by atoms with E-state index in [4.69, 9.17) is 0 Å². The summed E-state index contributed by atoms with van der Waals surface area (Å²) in [4.78, 5) is 25.6. The third-order valence-electron chi connectivity index (χ3n) is 6.17. The number of hydrogen-bond acceptors (Lipinski definition) is 6. The van der Waals surface area contributed by atoms with Gasteiger partial charge in [0.25, 0.3) is 0 Å². The second-order valence-corrected chi connectivity index (χ2v) is 10.6. The number of nitrogens with zero attached hydrogens (tertiary/aromatic N) is 4. The van der Waals surface area contributed by atoms with Crippen molar-refractivity contribution in [3.63, 3.8) is 0 Å². The molecule has 2 fully saturated rings. The molecule has 0 unspecified atom stereocenters. The van der Waals surface area contributed by atoms with Gasteiger partial charge < -0.3 is 5.32 Å². The fraction of sp³-hybridized carbons (Fsp3) is 0.333. The lowest BCUT2D eigenvalue weighted by Gasteiger charge is -2.23. The summed E-state index contributed by atoms with van der Waals surface area (Å²) in [7, 11) is -4.18. The minimum Gasteiger partial charge on any atom is -0.349 e. The molecule has 1 amide bonds. The predicted molar refractivity (Wildman–Crippen MR) is 123 cm³/mol. The zero-order chi connectivity index (χ0) is 24.6. The molecule has 1 aromatic carbocycles. The molecule has 1 saturated carbocycles.